The van der Waals surface area contributed by atoms with Crippen LogP contribution in [-0.2, 0) is 19.1 Å². The lowest BCUT2D eigenvalue weighted by molar-refractivity contribution is -0.144. The largest absolute Gasteiger partial charge is 0.451 e. The summed E-state index contributed by atoms with van der Waals surface area (Å²) in [6.07, 6.45) is -3.66. The summed E-state index contributed by atoms with van der Waals surface area (Å²) < 4.78 is 37.9. The average Bonchev–Trinajstić information content (AvgIpc) is 3.44. The number of nitrogens with one attached hydrogen (secondary N) is 2. The third kappa shape index (κ3) is 3.57. The summed E-state index contributed by atoms with van der Waals surface area (Å²) in [5.41, 5.74) is 1.53. The second-order valence-electron chi connectivity index (χ2n) is 7.10. The predicted octanol–water partition coefficient (Wildman–Crippen LogP) is 0.199. The van der Waals surface area contributed by atoms with Crippen molar-refractivity contribution in [3.63, 3.8) is 0 Å². The van der Waals surface area contributed by atoms with Gasteiger partial charge in [-0.3, -0.25) is 19.8 Å². The minimum atomic E-state index is -4.72. The van der Waals surface area contributed by atoms with Crippen LogP contribution in [0, 0.1) is 5.92 Å². The van der Waals surface area contributed by atoms with Gasteiger partial charge in [-0.05, 0) is 12.8 Å². The molecule has 4 rings (SSSR count). The second-order valence-corrected chi connectivity index (χ2v) is 7.10. The fourth-order valence-corrected chi connectivity index (χ4v) is 3.61. The van der Waals surface area contributed by atoms with Crippen molar-refractivity contribution in [1.82, 2.24) is 35.2 Å². The number of likely N-dealkylation sites (tertiary alicyclic amines) is 1. The van der Waals surface area contributed by atoms with Crippen molar-refractivity contribution >= 4 is 11.8 Å². The smallest absolute Gasteiger partial charge is 0.396 e. The van der Waals surface area contributed by atoms with Crippen LogP contribution in [-0.4, -0.2) is 78.3 Å². The number of H-pyrrole nitrogens is 2. The number of rotatable bonds is 3. The number of aromatic nitrogens is 5. The van der Waals surface area contributed by atoms with Gasteiger partial charge in [0.25, 0.3) is 11.8 Å². The van der Waals surface area contributed by atoms with E-state index in [0.717, 1.165) is 6.42 Å². The number of carbonyl (C=O) groups is 2. The summed E-state index contributed by atoms with van der Waals surface area (Å²) in [7, 11) is 0. The molecule has 1 unspecified atom stereocenters. The highest BCUT2D eigenvalue weighted by Crippen LogP contribution is 2.27. The van der Waals surface area contributed by atoms with E-state index >= 15 is 0 Å². The summed E-state index contributed by atoms with van der Waals surface area (Å²) in [4.78, 5) is 31.3. The molecule has 0 aliphatic carbocycles. The third-order valence-electron chi connectivity index (χ3n) is 5.20. The first-order valence-corrected chi connectivity index (χ1v) is 9.03. The molecule has 0 aromatic carbocycles. The zero-order valence-electron chi connectivity index (χ0n) is 15.2. The van der Waals surface area contributed by atoms with E-state index in [-0.39, 0.29) is 37.2 Å². The normalized spacial score (nSPS) is 19.5. The molecular weight excluding hydrogens is 395 g/mol. The van der Waals surface area contributed by atoms with E-state index in [1.165, 1.54) is 4.90 Å². The van der Waals surface area contributed by atoms with Crippen molar-refractivity contribution in [3.8, 4) is 0 Å². The lowest BCUT2D eigenvalue weighted by Crippen LogP contribution is -2.37. The van der Waals surface area contributed by atoms with Gasteiger partial charge in [0, 0.05) is 37.7 Å². The molecule has 29 heavy (non-hydrogen) atoms. The number of carbonyl (C=O) groups excluding carboxylic acids is 2. The van der Waals surface area contributed by atoms with Gasteiger partial charge in [-0.25, -0.2) is 0 Å². The molecule has 0 radical (unpaired) electrons. The predicted molar refractivity (Wildman–Crippen MR) is 89.5 cm³/mol. The number of aliphatic hydroxyl groups is 1. The molecule has 4 heterocycles. The van der Waals surface area contributed by atoms with Crippen molar-refractivity contribution in [2.75, 3.05) is 26.2 Å². The minimum Gasteiger partial charge on any atom is -0.396 e. The van der Waals surface area contributed by atoms with Crippen molar-refractivity contribution in [3.05, 3.63) is 28.6 Å². The molecule has 1 saturated heterocycles. The van der Waals surface area contributed by atoms with Gasteiger partial charge in [-0.15, -0.1) is 5.10 Å². The molecule has 2 aliphatic rings. The van der Waals surface area contributed by atoms with Crippen LogP contribution in [0.15, 0.2) is 0 Å². The quantitative estimate of drug-likeness (QED) is 0.659. The van der Waals surface area contributed by atoms with Crippen LogP contribution in [0.1, 0.15) is 44.6 Å². The van der Waals surface area contributed by atoms with E-state index < -0.39 is 23.7 Å². The van der Waals surface area contributed by atoms with Gasteiger partial charge in [-0.1, -0.05) is 0 Å². The van der Waals surface area contributed by atoms with E-state index in [9.17, 15) is 27.9 Å². The van der Waals surface area contributed by atoms with Crippen LogP contribution in [0.25, 0.3) is 0 Å². The van der Waals surface area contributed by atoms with Crippen molar-refractivity contribution in [1.29, 1.82) is 0 Å². The van der Waals surface area contributed by atoms with Crippen molar-refractivity contribution in [2.24, 2.45) is 5.92 Å². The van der Waals surface area contributed by atoms with Gasteiger partial charge in [0.15, 0.2) is 5.69 Å². The summed E-state index contributed by atoms with van der Waals surface area (Å²) in [5, 5.41) is 21.2. The van der Waals surface area contributed by atoms with Gasteiger partial charge in [0.05, 0.1) is 12.2 Å². The fraction of sp³-hybridized carbons (Fsp3) is 0.562. The van der Waals surface area contributed by atoms with Gasteiger partial charge < -0.3 is 14.9 Å². The Morgan fingerprint density at radius 1 is 1.14 bits per heavy atom. The van der Waals surface area contributed by atoms with E-state index in [2.05, 4.69) is 20.3 Å². The molecule has 2 amide bonds. The maximum atomic E-state index is 12.7. The minimum absolute atomic E-state index is 0.0246. The number of halogens is 3. The Morgan fingerprint density at radius 3 is 2.59 bits per heavy atom. The first-order chi connectivity index (χ1) is 13.8. The fourth-order valence-electron chi connectivity index (χ4n) is 3.61. The lowest BCUT2D eigenvalue weighted by atomic mass is 10.0. The molecular formula is C16H18F3N7O3. The van der Waals surface area contributed by atoms with E-state index in [0.29, 0.717) is 30.8 Å². The number of hydrogen-bond acceptors (Lipinski definition) is 6. The Morgan fingerprint density at radius 2 is 1.93 bits per heavy atom. The molecule has 1 fully saturated rings. The Labute approximate surface area is 162 Å². The van der Waals surface area contributed by atoms with Gasteiger partial charge in [0.1, 0.15) is 0 Å². The SMILES string of the molecule is O=C(c1n[nH]c(C(F)(F)F)n1)N1CCc2c(C(=O)N3CCC(CO)C3)n[nH]c2C1. The lowest BCUT2D eigenvalue weighted by Gasteiger charge is -2.26. The Bertz CT molecular complexity index is 939. The Balaban J connectivity index is 1.47. The number of fused-ring (bicyclic) bond motifs is 1. The van der Waals surface area contributed by atoms with Gasteiger partial charge in [0.2, 0.25) is 11.6 Å². The molecule has 2 aliphatic heterocycles. The highest BCUT2D eigenvalue weighted by Gasteiger charge is 2.37. The van der Waals surface area contributed by atoms with Gasteiger partial charge in [-0.2, -0.15) is 23.3 Å². The summed E-state index contributed by atoms with van der Waals surface area (Å²) in [6, 6.07) is 0. The first kappa shape index (κ1) is 19.4. The third-order valence-corrected chi connectivity index (χ3v) is 5.20. The summed E-state index contributed by atoms with van der Waals surface area (Å²) in [5.74, 6) is -2.81. The van der Waals surface area contributed by atoms with E-state index in [4.69, 9.17) is 0 Å². The summed E-state index contributed by atoms with van der Waals surface area (Å²) in [6.45, 7) is 1.29. The molecule has 1 atom stereocenters. The second kappa shape index (κ2) is 7.13. The number of amides is 2. The molecule has 156 valence electrons. The molecule has 2 aromatic rings. The number of alkyl halides is 3. The van der Waals surface area contributed by atoms with Crippen LogP contribution < -0.4 is 0 Å². The highest BCUT2D eigenvalue weighted by atomic mass is 19.4. The summed E-state index contributed by atoms with van der Waals surface area (Å²) >= 11 is 0. The monoisotopic (exact) mass is 413 g/mol. The average molecular weight is 413 g/mol. The zero-order valence-corrected chi connectivity index (χ0v) is 15.2. The van der Waals surface area contributed by atoms with E-state index in [1.54, 1.807) is 10.00 Å². The molecule has 10 nitrogen and oxygen atoms in total. The van der Waals surface area contributed by atoms with Crippen LogP contribution in [0.5, 0.6) is 0 Å². The molecule has 0 saturated carbocycles. The van der Waals surface area contributed by atoms with Crippen LogP contribution in [0.3, 0.4) is 0 Å². The zero-order chi connectivity index (χ0) is 20.8. The number of hydrogen-bond donors (Lipinski definition) is 3. The number of aliphatic hydroxyl groups excluding tert-OH is 1. The standard InChI is InChI=1S/C16H18F3N7O3/c17-16(18,19)15-20-12(23-24-15)14(29)26-4-2-9-10(6-26)21-22-11(9)13(28)25-3-1-8(5-25)7-27/h8,27H,1-7H2,(H,21,22)(H,20,23,24). The maximum Gasteiger partial charge on any atom is 0.451 e. The molecule has 0 spiro atoms. The number of aromatic amines is 2. The highest BCUT2D eigenvalue weighted by molar-refractivity contribution is 5.94. The Hall–Kier alpha value is -2.96. The van der Waals surface area contributed by atoms with Crippen molar-refractivity contribution in [2.45, 2.75) is 25.6 Å². The van der Waals surface area contributed by atoms with E-state index in [1.807, 2.05) is 0 Å². The van der Waals surface area contributed by atoms with Crippen molar-refractivity contribution < 1.29 is 27.9 Å². The van der Waals surface area contributed by atoms with Gasteiger partial charge >= 0.3 is 6.18 Å². The first-order valence-electron chi connectivity index (χ1n) is 9.03. The topological polar surface area (TPSA) is 131 Å². The molecule has 3 N–H and O–H groups in total. The molecule has 2 aromatic heterocycles. The molecule has 13 heteroatoms. The van der Waals surface area contributed by atoms with Crippen LogP contribution in [0.2, 0.25) is 0 Å². The molecule has 0 bridgehead atoms. The van der Waals surface area contributed by atoms with Crippen LogP contribution in [0.4, 0.5) is 13.2 Å². The number of nitrogens with zero attached hydrogens (tertiary/aromatic N) is 5. The maximum absolute atomic E-state index is 12.7. The van der Waals surface area contributed by atoms with Crippen LogP contribution >= 0.6 is 0 Å². The Kier molecular flexibility index (Phi) is 4.76.